The van der Waals surface area contributed by atoms with E-state index in [1.165, 1.54) is 12.8 Å². The van der Waals surface area contributed by atoms with Crippen LogP contribution in [-0.4, -0.2) is 29.0 Å². The zero-order chi connectivity index (χ0) is 18.9. The van der Waals surface area contributed by atoms with Gasteiger partial charge in [0.15, 0.2) is 0 Å². The van der Waals surface area contributed by atoms with Gasteiger partial charge in [-0.3, -0.25) is 0 Å². The van der Waals surface area contributed by atoms with Gasteiger partial charge in [0.05, 0.1) is 12.2 Å². The molecule has 6 atom stereocenters. The Morgan fingerprint density at radius 2 is 2.08 bits per heavy atom. The van der Waals surface area contributed by atoms with Crippen molar-refractivity contribution >= 4 is 0 Å². The van der Waals surface area contributed by atoms with Crippen LogP contribution in [0.15, 0.2) is 23.8 Å². The van der Waals surface area contributed by atoms with Gasteiger partial charge in [-0.15, -0.1) is 11.8 Å². The molecular weight excluding hydrogens is 322 g/mol. The molecule has 2 aliphatic rings. The van der Waals surface area contributed by atoms with E-state index in [-0.39, 0.29) is 17.9 Å². The Morgan fingerprint density at radius 3 is 2.81 bits per heavy atom. The highest BCUT2D eigenvalue weighted by Gasteiger charge is 2.44. The van der Waals surface area contributed by atoms with Gasteiger partial charge >= 0.3 is 0 Å². The van der Waals surface area contributed by atoms with E-state index in [1.54, 1.807) is 5.57 Å². The summed E-state index contributed by atoms with van der Waals surface area (Å²) in [6, 6.07) is 0. The summed E-state index contributed by atoms with van der Waals surface area (Å²) < 4.78 is 0. The van der Waals surface area contributed by atoms with Crippen LogP contribution in [-0.2, 0) is 0 Å². The maximum absolute atomic E-state index is 10.5. The van der Waals surface area contributed by atoms with Crippen LogP contribution in [0.4, 0.5) is 0 Å². The lowest BCUT2D eigenvalue weighted by Gasteiger charge is -2.19. The molecule has 0 saturated heterocycles. The lowest BCUT2D eigenvalue weighted by Crippen LogP contribution is -2.19. The van der Waals surface area contributed by atoms with Crippen molar-refractivity contribution in [1.82, 2.24) is 0 Å². The Morgan fingerprint density at radius 1 is 1.27 bits per heavy atom. The first-order valence-electron chi connectivity index (χ1n) is 10.4. The molecule has 26 heavy (non-hydrogen) atoms. The van der Waals surface area contributed by atoms with E-state index >= 15 is 0 Å². The Hall–Kier alpha value is -1.08. The van der Waals surface area contributed by atoms with Crippen molar-refractivity contribution < 1.29 is 10.2 Å². The van der Waals surface area contributed by atoms with E-state index < -0.39 is 6.10 Å². The van der Waals surface area contributed by atoms with Gasteiger partial charge in [0, 0.05) is 12.3 Å². The predicted molar refractivity (Wildman–Crippen MR) is 108 cm³/mol. The summed E-state index contributed by atoms with van der Waals surface area (Å²) in [6.07, 6.45) is 14.3. The molecule has 2 aliphatic carbocycles. The van der Waals surface area contributed by atoms with Crippen LogP contribution in [0.5, 0.6) is 0 Å². The number of hydrogen-bond donors (Lipinski definition) is 3. The zero-order valence-electron chi connectivity index (χ0n) is 16.5. The Labute approximate surface area is 159 Å². The number of rotatable bonds is 9. The Kier molecular flexibility index (Phi) is 8.91. The molecule has 0 amide bonds. The van der Waals surface area contributed by atoms with E-state index in [2.05, 4.69) is 24.0 Å². The van der Waals surface area contributed by atoms with Crippen molar-refractivity contribution in [2.45, 2.75) is 77.4 Å². The highest BCUT2D eigenvalue weighted by atomic mass is 16.3. The number of aliphatic hydroxyl groups excluding tert-OH is 2. The first-order valence-corrected chi connectivity index (χ1v) is 10.4. The highest BCUT2D eigenvalue weighted by Crippen LogP contribution is 2.50. The quantitative estimate of drug-likeness (QED) is 0.333. The van der Waals surface area contributed by atoms with Gasteiger partial charge in [0.1, 0.15) is 0 Å². The topological polar surface area (TPSA) is 66.5 Å². The van der Waals surface area contributed by atoms with Crippen molar-refractivity contribution in [3.05, 3.63) is 23.8 Å². The average molecular weight is 360 g/mol. The van der Waals surface area contributed by atoms with Crippen LogP contribution in [0.3, 0.4) is 0 Å². The zero-order valence-corrected chi connectivity index (χ0v) is 16.5. The second-order valence-corrected chi connectivity index (χ2v) is 8.20. The minimum absolute atomic E-state index is 0.126. The van der Waals surface area contributed by atoms with Crippen LogP contribution < -0.4 is 5.73 Å². The molecule has 3 nitrogen and oxygen atoms in total. The van der Waals surface area contributed by atoms with Crippen LogP contribution in [0.1, 0.15) is 65.2 Å². The second kappa shape index (κ2) is 10.9. The molecule has 2 saturated carbocycles. The molecule has 0 aromatic heterocycles. The molecule has 0 spiro atoms. The number of aliphatic hydroxyl groups is 2. The smallest absolute Gasteiger partial charge is 0.0755 e. The molecule has 146 valence electrons. The number of fused-ring (bicyclic) bond motifs is 1. The van der Waals surface area contributed by atoms with Crippen molar-refractivity contribution in [2.75, 3.05) is 6.54 Å². The third-order valence-corrected chi connectivity index (χ3v) is 6.17. The van der Waals surface area contributed by atoms with Gasteiger partial charge < -0.3 is 15.9 Å². The highest BCUT2D eigenvalue weighted by molar-refractivity contribution is 5.18. The van der Waals surface area contributed by atoms with Crippen molar-refractivity contribution in [1.29, 1.82) is 0 Å². The van der Waals surface area contributed by atoms with E-state index in [0.29, 0.717) is 18.3 Å². The number of hydrogen-bond acceptors (Lipinski definition) is 3. The fourth-order valence-corrected chi connectivity index (χ4v) is 4.53. The maximum Gasteiger partial charge on any atom is 0.0755 e. The molecule has 0 bridgehead atoms. The van der Waals surface area contributed by atoms with E-state index in [9.17, 15) is 10.2 Å². The van der Waals surface area contributed by atoms with Gasteiger partial charge in [0.2, 0.25) is 0 Å². The van der Waals surface area contributed by atoms with Crippen LogP contribution >= 0.6 is 0 Å². The minimum atomic E-state index is -0.485. The van der Waals surface area contributed by atoms with Crippen molar-refractivity contribution in [3.8, 4) is 11.8 Å². The normalized spacial score (nSPS) is 31.8. The second-order valence-electron chi connectivity index (χ2n) is 8.20. The van der Waals surface area contributed by atoms with Gasteiger partial charge in [-0.25, -0.2) is 0 Å². The molecule has 0 unspecified atom stereocenters. The summed E-state index contributed by atoms with van der Waals surface area (Å²) in [5, 5.41) is 20.8. The van der Waals surface area contributed by atoms with Crippen molar-refractivity contribution in [2.24, 2.45) is 29.4 Å². The van der Waals surface area contributed by atoms with Crippen molar-refractivity contribution in [3.63, 3.8) is 0 Å². The third-order valence-electron chi connectivity index (χ3n) is 6.17. The van der Waals surface area contributed by atoms with Gasteiger partial charge in [0.25, 0.3) is 0 Å². The molecule has 2 fully saturated rings. The first kappa shape index (κ1) is 21.2. The molecule has 4 N–H and O–H groups in total. The van der Waals surface area contributed by atoms with Gasteiger partial charge in [-0.1, -0.05) is 37.1 Å². The summed E-state index contributed by atoms with van der Waals surface area (Å²) in [5.41, 5.74) is 7.12. The molecule has 0 heterocycles. The molecule has 3 heteroatoms. The lowest BCUT2D eigenvalue weighted by molar-refractivity contribution is 0.137. The average Bonchev–Trinajstić information content (AvgIpc) is 3.13. The van der Waals surface area contributed by atoms with Crippen LogP contribution in [0.25, 0.3) is 0 Å². The summed E-state index contributed by atoms with van der Waals surface area (Å²) in [7, 11) is 0. The fraction of sp³-hybridized carbons (Fsp3) is 0.739. The monoisotopic (exact) mass is 359 g/mol. The fourth-order valence-electron chi connectivity index (χ4n) is 4.53. The number of allylic oxidation sites excluding steroid dienone is 2. The summed E-state index contributed by atoms with van der Waals surface area (Å²) in [6.45, 7) is 4.64. The summed E-state index contributed by atoms with van der Waals surface area (Å²) >= 11 is 0. The molecular formula is C23H37NO2. The summed E-state index contributed by atoms with van der Waals surface area (Å²) in [4.78, 5) is 0. The third kappa shape index (κ3) is 5.98. The number of unbranched alkanes of at least 4 members (excludes halogenated alkanes) is 3. The standard InChI is InChI=1S/C23H37NO2/c1-3-4-9-17(2)22(25)12-11-20-21-15-18(10-7-5-6-8-13-24)14-19(21)16-23(20)26/h10-12,17,19-23,25-26H,5-9,13-16,24H2,1-2H3/b12-11+,18-10?/t17-,19-,20+,21-,22-,23+/m0/s1. The largest absolute Gasteiger partial charge is 0.392 e. The molecule has 0 aromatic rings. The Balaban J connectivity index is 1.87. The van der Waals surface area contributed by atoms with E-state index in [4.69, 9.17) is 5.73 Å². The van der Waals surface area contributed by atoms with E-state index in [1.807, 2.05) is 19.9 Å². The molecule has 0 aliphatic heterocycles. The summed E-state index contributed by atoms with van der Waals surface area (Å²) in [5.74, 6) is 7.37. The molecule has 2 rings (SSSR count). The Bertz CT molecular complexity index is 542. The van der Waals surface area contributed by atoms with Crippen LogP contribution in [0.2, 0.25) is 0 Å². The maximum atomic E-state index is 10.5. The SMILES string of the molecule is CC#CC[C@H](C)[C@@H](O)/C=C/[C@@H]1[C@H]2CC(=CCCCCCN)C[C@H]2C[C@H]1O. The molecule has 0 radical (unpaired) electrons. The van der Waals surface area contributed by atoms with Gasteiger partial charge in [-0.05, 0) is 69.7 Å². The van der Waals surface area contributed by atoms with E-state index in [0.717, 1.165) is 38.6 Å². The number of nitrogens with two attached hydrogens (primary N) is 1. The molecule has 0 aromatic carbocycles. The predicted octanol–water partition coefficient (Wildman–Crippen LogP) is 3.81. The van der Waals surface area contributed by atoms with Gasteiger partial charge in [-0.2, -0.15) is 0 Å². The minimum Gasteiger partial charge on any atom is -0.392 e. The lowest BCUT2D eigenvalue weighted by atomic mass is 9.89. The first-order chi connectivity index (χ1) is 12.6. The van der Waals surface area contributed by atoms with Crippen LogP contribution in [0, 0.1) is 35.5 Å².